The van der Waals surface area contributed by atoms with Crippen molar-refractivity contribution < 1.29 is 9.47 Å². The number of nitrogens with one attached hydrogen (secondary N) is 1. The monoisotopic (exact) mass is 475 g/mol. The van der Waals surface area contributed by atoms with Crippen LogP contribution in [0.4, 0.5) is 0 Å². The quantitative estimate of drug-likeness (QED) is 0.390. The Morgan fingerprint density at radius 1 is 1.15 bits per heavy atom. The average molecular weight is 477 g/mol. The first-order valence-electron chi connectivity index (χ1n) is 9.03. The van der Waals surface area contributed by atoms with Crippen molar-refractivity contribution >= 4 is 39.9 Å². The minimum absolute atomic E-state index is 0. The zero-order chi connectivity index (χ0) is 18.9. The summed E-state index contributed by atoms with van der Waals surface area (Å²) in [5, 5.41) is 4.18. The number of hydrogen-bond donors (Lipinski definition) is 1. The van der Waals surface area contributed by atoms with Crippen molar-refractivity contribution in [1.82, 2.24) is 5.32 Å². The fraction of sp³-hybridized carbons (Fsp3) is 0.429. The van der Waals surface area contributed by atoms with E-state index in [0.29, 0.717) is 29.9 Å². The maximum atomic E-state index is 6.22. The van der Waals surface area contributed by atoms with Crippen molar-refractivity contribution in [2.24, 2.45) is 5.92 Å². The van der Waals surface area contributed by atoms with Gasteiger partial charge in [-0.05, 0) is 65.5 Å². The molecule has 0 aromatic heterocycles. The number of halogens is 3. The van der Waals surface area contributed by atoms with E-state index in [0.717, 1.165) is 34.4 Å². The maximum Gasteiger partial charge on any atom is 0.175 e. The molecule has 6 heteroatoms. The highest BCUT2D eigenvalue weighted by atomic mass is 79.9. The molecule has 0 bridgehead atoms. The van der Waals surface area contributed by atoms with Gasteiger partial charge in [0.1, 0.15) is 6.61 Å². The van der Waals surface area contributed by atoms with Gasteiger partial charge in [-0.2, -0.15) is 0 Å². The van der Waals surface area contributed by atoms with E-state index < -0.39 is 0 Å². The molecule has 0 fully saturated rings. The molecular weight excluding hydrogens is 449 g/mol. The van der Waals surface area contributed by atoms with Gasteiger partial charge >= 0.3 is 0 Å². The second-order valence-electron chi connectivity index (χ2n) is 6.58. The third-order valence-electron chi connectivity index (χ3n) is 3.93. The molecule has 2 rings (SSSR count). The van der Waals surface area contributed by atoms with Crippen LogP contribution in [0.2, 0.25) is 5.02 Å². The van der Waals surface area contributed by atoms with Crippen molar-refractivity contribution in [2.45, 2.75) is 40.3 Å². The highest BCUT2D eigenvalue weighted by Crippen LogP contribution is 2.37. The van der Waals surface area contributed by atoms with Gasteiger partial charge in [0.15, 0.2) is 11.5 Å². The van der Waals surface area contributed by atoms with Gasteiger partial charge in [0.05, 0.1) is 11.1 Å². The van der Waals surface area contributed by atoms with Crippen LogP contribution in [0.1, 0.15) is 38.3 Å². The summed E-state index contributed by atoms with van der Waals surface area (Å²) in [7, 11) is 0. The molecule has 0 amide bonds. The normalized spacial score (nSPS) is 10.6. The van der Waals surface area contributed by atoms with Crippen LogP contribution in [0.15, 0.2) is 40.9 Å². The Morgan fingerprint density at radius 2 is 1.89 bits per heavy atom. The molecule has 0 spiro atoms. The Labute approximate surface area is 182 Å². The Morgan fingerprint density at radius 3 is 2.56 bits per heavy atom. The lowest BCUT2D eigenvalue weighted by molar-refractivity contribution is 0.267. The molecule has 0 heterocycles. The molecule has 0 aliphatic carbocycles. The molecular formula is C21H28BrCl2NO2. The third kappa shape index (κ3) is 7.90. The molecule has 150 valence electrons. The van der Waals surface area contributed by atoms with Crippen LogP contribution in [-0.4, -0.2) is 13.2 Å². The van der Waals surface area contributed by atoms with Crippen LogP contribution < -0.4 is 14.8 Å². The van der Waals surface area contributed by atoms with Crippen molar-refractivity contribution in [1.29, 1.82) is 0 Å². The molecule has 0 aliphatic heterocycles. The van der Waals surface area contributed by atoms with Gasteiger partial charge < -0.3 is 14.8 Å². The largest absolute Gasteiger partial charge is 0.490 e. The lowest BCUT2D eigenvalue weighted by Gasteiger charge is -2.16. The summed E-state index contributed by atoms with van der Waals surface area (Å²) in [5.74, 6) is 2.15. The molecule has 0 saturated carbocycles. The molecule has 3 nitrogen and oxygen atoms in total. The van der Waals surface area contributed by atoms with Crippen molar-refractivity contribution in [3.8, 4) is 11.5 Å². The Balaban J connectivity index is 0.00000364. The van der Waals surface area contributed by atoms with Crippen molar-refractivity contribution in [2.75, 3.05) is 13.2 Å². The van der Waals surface area contributed by atoms with Crippen molar-refractivity contribution in [3.63, 3.8) is 0 Å². The van der Waals surface area contributed by atoms with Gasteiger partial charge in [0.25, 0.3) is 0 Å². The molecule has 0 radical (unpaired) electrons. The summed E-state index contributed by atoms with van der Waals surface area (Å²) in [6.07, 6.45) is 1.17. The van der Waals surface area contributed by atoms with E-state index in [1.54, 1.807) is 0 Å². The lowest BCUT2D eigenvalue weighted by atomic mass is 10.1. The first kappa shape index (κ1) is 24.1. The molecule has 0 unspecified atom stereocenters. The van der Waals surface area contributed by atoms with Crippen LogP contribution in [0, 0.1) is 5.92 Å². The second-order valence-corrected chi connectivity index (χ2v) is 7.84. The number of ether oxygens (including phenoxy) is 2. The molecule has 2 aromatic carbocycles. The molecule has 1 N–H and O–H groups in total. The van der Waals surface area contributed by atoms with E-state index in [1.807, 2.05) is 37.3 Å². The smallest absolute Gasteiger partial charge is 0.175 e. The van der Waals surface area contributed by atoms with E-state index in [4.69, 9.17) is 21.1 Å². The summed E-state index contributed by atoms with van der Waals surface area (Å²) in [4.78, 5) is 0. The van der Waals surface area contributed by atoms with E-state index in [9.17, 15) is 0 Å². The van der Waals surface area contributed by atoms with E-state index >= 15 is 0 Å². The Bertz CT molecular complexity index is 711. The lowest BCUT2D eigenvalue weighted by Crippen LogP contribution is -2.16. The topological polar surface area (TPSA) is 30.5 Å². The summed E-state index contributed by atoms with van der Waals surface area (Å²) >= 11 is 9.84. The summed E-state index contributed by atoms with van der Waals surface area (Å²) in [6, 6.07) is 11.8. The van der Waals surface area contributed by atoms with Gasteiger partial charge in [-0.3, -0.25) is 0 Å². The van der Waals surface area contributed by atoms with Crippen LogP contribution >= 0.6 is 39.9 Å². The van der Waals surface area contributed by atoms with Gasteiger partial charge in [-0.1, -0.05) is 43.6 Å². The summed E-state index contributed by atoms with van der Waals surface area (Å²) in [5.41, 5.74) is 2.11. The van der Waals surface area contributed by atoms with Crippen LogP contribution in [0.25, 0.3) is 0 Å². The number of rotatable bonds is 10. The molecule has 0 atom stereocenters. The molecule has 0 saturated heterocycles. The SMILES string of the molecule is CCOc1cc(CNCCC(C)C)cc(Br)c1OCc1ccccc1Cl.Cl. The van der Waals surface area contributed by atoms with E-state index in [-0.39, 0.29) is 12.4 Å². The maximum absolute atomic E-state index is 6.22. The van der Waals surface area contributed by atoms with E-state index in [2.05, 4.69) is 41.2 Å². The Hall–Kier alpha value is -0.940. The molecule has 2 aromatic rings. The predicted molar refractivity (Wildman–Crippen MR) is 120 cm³/mol. The van der Waals surface area contributed by atoms with Crippen LogP contribution in [0.5, 0.6) is 11.5 Å². The summed E-state index contributed by atoms with van der Waals surface area (Å²) in [6.45, 7) is 9.22. The van der Waals surface area contributed by atoms with Gasteiger partial charge in [-0.15, -0.1) is 12.4 Å². The number of benzene rings is 2. The second kappa shape index (κ2) is 12.5. The van der Waals surface area contributed by atoms with Crippen LogP contribution in [0.3, 0.4) is 0 Å². The molecule has 0 aliphatic rings. The molecule has 27 heavy (non-hydrogen) atoms. The summed E-state index contributed by atoms with van der Waals surface area (Å²) < 4.78 is 12.7. The predicted octanol–water partition coefficient (Wildman–Crippen LogP) is 6.64. The van der Waals surface area contributed by atoms with Crippen molar-refractivity contribution in [3.05, 3.63) is 57.0 Å². The highest BCUT2D eigenvalue weighted by molar-refractivity contribution is 9.10. The Kier molecular flexibility index (Phi) is 11.2. The first-order chi connectivity index (χ1) is 12.5. The highest BCUT2D eigenvalue weighted by Gasteiger charge is 2.13. The van der Waals surface area contributed by atoms with Gasteiger partial charge in [0, 0.05) is 17.1 Å². The third-order valence-corrected chi connectivity index (χ3v) is 4.88. The average Bonchev–Trinajstić information content (AvgIpc) is 2.59. The van der Waals surface area contributed by atoms with E-state index in [1.165, 1.54) is 6.42 Å². The fourth-order valence-electron chi connectivity index (χ4n) is 2.52. The zero-order valence-corrected chi connectivity index (χ0v) is 19.2. The first-order valence-corrected chi connectivity index (χ1v) is 10.2. The van der Waals surface area contributed by atoms with Gasteiger partial charge in [0.2, 0.25) is 0 Å². The standard InChI is InChI=1S/C21H27BrClNO2.ClH/c1-4-25-20-12-16(13-24-10-9-15(2)3)11-18(22)21(20)26-14-17-7-5-6-8-19(17)23;/h5-8,11-12,15,24H,4,9-10,13-14H2,1-3H3;1H. The number of hydrogen-bond acceptors (Lipinski definition) is 3. The fourth-order valence-corrected chi connectivity index (χ4v) is 3.31. The zero-order valence-electron chi connectivity index (χ0n) is 16.1. The van der Waals surface area contributed by atoms with Crippen LogP contribution in [-0.2, 0) is 13.2 Å². The minimum Gasteiger partial charge on any atom is -0.490 e. The minimum atomic E-state index is 0. The van der Waals surface area contributed by atoms with Gasteiger partial charge in [-0.25, -0.2) is 0 Å².